The van der Waals surface area contributed by atoms with Crippen LogP contribution in [0.15, 0.2) is 6.07 Å². The van der Waals surface area contributed by atoms with E-state index in [9.17, 15) is 9.90 Å². The van der Waals surface area contributed by atoms with Gasteiger partial charge in [-0.15, -0.1) is 0 Å². The molecule has 3 rings (SSSR count). The Kier molecular flexibility index (Phi) is 4.53. The Labute approximate surface area is 137 Å². The average Bonchev–Trinajstić information content (AvgIpc) is 2.51. The molecule has 2 aliphatic heterocycles. The first kappa shape index (κ1) is 16.2. The van der Waals surface area contributed by atoms with Crippen molar-refractivity contribution in [3.05, 3.63) is 17.5 Å². The van der Waals surface area contributed by atoms with Crippen LogP contribution in [0.4, 0.5) is 5.95 Å². The summed E-state index contributed by atoms with van der Waals surface area (Å²) < 4.78 is 0. The Morgan fingerprint density at radius 2 is 1.96 bits per heavy atom. The molecular formula is C17H26N4O2. The third-order valence-electron chi connectivity index (χ3n) is 5.03. The topological polar surface area (TPSA) is 69.6 Å². The van der Waals surface area contributed by atoms with Crippen LogP contribution in [-0.4, -0.2) is 58.7 Å². The molecule has 0 saturated carbocycles. The van der Waals surface area contributed by atoms with E-state index in [1.54, 1.807) is 0 Å². The Morgan fingerprint density at radius 1 is 1.22 bits per heavy atom. The van der Waals surface area contributed by atoms with Crippen LogP contribution in [0.3, 0.4) is 0 Å². The summed E-state index contributed by atoms with van der Waals surface area (Å²) in [6.07, 6.45) is 3.73. The van der Waals surface area contributed by atoms with Gasteiger partial charge in [-0.2, -0.15) is 0 Å². The fourth-order valence-electron chi connectivity index (χ4n) is 3.99. The summed E-state index contributed by atoms with van der Waals surface area (Å²) in [7, 11) is 0. The fourth-order valence-corrected chi connectivity index (χ4v) is 3.99. The number of aliphatic hydroxyl groups excluding tert-OH is 1. The average molecular weight is 318 g/mol. The van der Waals surface area contributed by atoms with E-state index in [1.165, 1.54) is 0 Å². The quantitative estimate of drug-likeness (QED) is 0.909. The molecule has 0 unspecified atom stereocenters. The van der Waals surface area contributed by atoms with Gasteiger partial charge in [0.25, 0.3) is 0 Å². The van der Waals surface area contributed by atoms with E-state index in [0.717, 1.165) is 56.2 Å². The van der Waals surface area contributed by atoms with Gasteiger partial charge in [0.1, 0.15) is 0 Å². The Morgan fingerprint density at radius 3 is 2.65 bits per heavy atom. The highest BCUT2D eigenvalue weighted by atomic mass is 16.3. The molecule has 126 valence electrons. The zero-order valence-corrected chi connectivity index (χ0v) is 14.1. The number of carbonyl (C=O) groups is 1. The van der Waals surface area contributed by atoms with Gasteiger partial charge >= 0.3 is 0 Å². The molecule has 3 heterocycles. The third-order valence-corrected chi connectivity index (χ3v) is 5.03. The van der Waals surface area contributed by atoms with Crippen molar-refractivity contribution in [2.75, 3.05) is 37.7 Å². The molecule has 1 amide bonds. The number of hydrogen-bond donors (Lipinski definition) is 1. The third kappa shape index (κ3) is 3.47. The van der Waals surface area contributed by atoms with Crippen molar-refractivity contribution < 1.29 is 9.90 Å². The number of β-amino-alcohol motifs (C(OH)–C–C–N with tert-alkyl or cyclic N) is 1. The number of aryl methyl sites for hydroxylation is 2. The van der Waals surface area contributed by atoms with Crippen molar-refractivity contribution >= 4 is 11.9 Å². The van der Waals surface area contributed by atoms with Crippen molar-refractivity contribution in [2.45, 2.75) is 39.5 Å². The van der Waals surface area contributed by atoms with Crippen molar-refractivity contribution in [3.63, 3.8) is 0 Å². The highest BCUT2D eigenvalue weighted by molar-refractivity contribution is 5.77. The number of piperidine rings is 2. The Hall–Kier alpha value is -1.69. The monoisotopic (exact) mass is 318 g/mol. The van der Waals surface area contributed by atoms with Crippen LogP contribution in [0, 0.1) is 19.3 Å². The van der Waals surface area contributed by atoms with Crippen molar-refractivity contribution in [3.8, 4) is 0 Å². The molecule has 6 nitrogen and oxygen atoms in total. The van der Waals surface area contributed by atoms with Gasteiger partial charge in [-0.1, -0.05) is 0 Å². The summed E-state index contributed by atoms with van der Waals surface area (Å²) in [5, 5.41) is 9.19. The minimum absolute atomic E-state index is 0.0335. The summed E-state index contributed by atoms with van der Waals surface area (Å²) >= 11 is 0. The summed E-state index contributed by atoms with van der Waals surface area (Å²) in [6.45, 7) is 7.09. The first-order valence-corrected chi connectivity index (χ1v) is 8.47. The molecule has 2 saturated heterocycles. The van der Waals surface area contributed by atoms with Gasteiger partial charge < -0.3 is 14.9 Å². The first-order valence-electron chi connectivity index (χ1n) is 8.47. The van der Waals surface area contributed by atoms with Gasteiger partial charge in [-0.3, -0.25) is 4.79 Å². The molecule has 0 aromatic carbocycles. The van der Waals surface area contributed by atoms with Gasteiger partial charge in [0.05, 0.1) is 6.61 Å². The standard InChI is InChI=1S/C17H26N4O2/c1-13-10-14(2)19-16(18-13)21-7-3-5-17(12-21)6-4-15(23)20(11-17)8-9-22/h10,22H,3-9,11-12H2,1-2H3/t17-/m1/s1. The number of anilines is 1. The number of likely N-dealkylation sites (tertiary alicyclic amines) is 1. The molecule has 1 atom stereocenters. The number of hydrogen-bond acceptors (Lipinski definition) is 5. The molecule has 1 spiro atoms. The van der Waals surface area contributed by atoms with E-state index < -0.39 is 0 Å². The van der Waals surface area contributed by atoms with E-state index in [1.807, 2.05) is 24.8 Å². The molecule has 6 heteroatoms. The van der Waals surface area contributed by atoms with Crippen LogP contribution in [0.1, 0.15) is 37.1 Å². The van der Waals surface area contributed by atoms with Gasteiger partial charge in [-0.05, 0) is 39.2 Å². The van der Waals surface area contributed by atoms with E-state index in [-0.39, 0.29) is 17.9 Å². The number of carbonyl (C=O) groups excluding carboxylic acids is 1. The van der Waals surface area contributed by atoms with Gasteiger partial charge in [0.15, 0.2) is 0 Å². The van der Waals surface area contributed by atoms with E-state index >= 15 is 0 Å². The van der Waals surface area contributed by atoms with E-state index in [4.69, 9.17) is 0 Å². The maximum atomic E-state index is 12.0. The second-order valence-corrected chi connectivity index (χ2v) is 7.01. The van der Waals surface area contributed by atoms with Gasteiger partial charge in [0, 0.05) is 49.4 Å². The normalized spacial score (nSPS) is 25.3. The Bertz CT molecular complexity index is 572. The lowest BCUT2D eigenvalue weighted by Gasteiger charge is -2.48. The summed E-state index contributed by atoms with van der Waals surface area (Å²) in [5.74, 6) is 0.983. The molecule has 1 aromatic rings. The second-order valence-electron chi connectivity index (χ2n) is 7.01. The molecule has 23 heavy (non-hydrogen) atoms. The van der Waals surface area contributed by atoms with Crippen molar-refractivity contribution in [2.24, 2.45) is 5.41 Å². The molecule has 0 aliphatic carbocycles. The lowest BCUT2D eigenvalue weighted by atomic mass is 9.73. The number of rotatable bonds is 3. The largest absolute Gasteiger partial charge is 0.395 e. The molecular weight excluding hydrogens is 292 g/mol. The van der Waals surface area contributed by atoms with Gasteiger partial charge in [-0.25, -0.2) is 9.97 Å². The van der Waals surface area contributed by atoms with Gasteiger partial charge in [0.2, 0.25) is 11.9 Å². The smallest absolute Gasteiger partial charge is 0.225 e. The van der Waals surface area contributed by atoms with Crippen molar-refractivity contribution in [1.29, 1.82) is 0 Å². The maximum Gasteiger partial charge on any atom is 0.225 e. The zero-order valence-electron chi connectivity index (χ0n) is 14.1. The van der Waals surface area contributed by atoms with E-state index in [0.29, 0.717) is 13.0 Å². The van der Waals surface area contributed by atoms with Crippen LogP contribution in [-0.2, 0) is 4.79 Å². The fraction of sp³-hybridized carbons (Fsp3) is 0.706. The minimum Gasteiger partial charge on any atom is -0.395 e. The van der Waals surface area contributed by atoms with Crippen LogP contribution >= 0.6 is 0 Å². The maximum absolute atomic E-state index is 12.0. The molecule has 0 radical (unpaired) electrons. The lowest BCUT2D eigenvalue weighted by Crippen LogP contribution is -2.54. The minimum atomic E-state index is 0.0335. The van der Waals surface area contributed by atoms with Crippen LogP contribution in [0.2, 0.25) is 0 Å². The predicted molar refractivity (Wildman–Crippen MR) is 88.3 cm³/mol. The Balaban J connectivity index is 1.78. The zero-order chi connectivity index (χ0) is 16.4. The van der Waals surface area contributed by atoms with E-state index in [2.05, 4.69) is 14.9 Å². The summed E-state index contributed by atoms with van der Waals surface area (Å²) in [4.78, 5) is 25.3. The van der Waals surface area contributed by atoms with Crippen LogP contribution in [0.5, 0.6) is 0 Å². The predicted octanol–water partition coefficient (Wildman–Crippen LogP) is 1.29. The molecule has 1 aromatic heterocycles. The lowest BCUT2D eigenvalue weighted by molar-refractivity contribution is -0.138. The summed E-state index contributed by atoms with van der Waals surface area (Å²) in [5.41, 5.74) is 2.10. The molecule has 1 N–H and O–H groups in total. The summed E-state index contributed by atoms with van der Waals surface area (Å²) in [6, 6.07) is 1.99. The highest BCUT2D eigenvalue weighted by Crippen LogP contribution is 2.39. The molecule has 0 bridgehead atoms. The highest BCUT2D eigenvalue weighted by Gasteiger charge is 2.42. The van der Waals surface area contributed by atoms with Crippen molar-refractivity contribution in [1.82, 2.24) is 14.9 Å². The number of amides is 1. The molecule has 2 aliphatic rings. The number of nitrogens with zero attached hydrogens (tertiary/aromatic N) is 4. The number of aliphatic hydroxyl groups is 1. The first-order chi connectivity index (χ1) is 11.0. The molecule has 2 fully saturated rings. The SMILES string of the molecule is Cc1cc(C)nc(N2CCC[C@]3(CCC(=O)N(CCO)C3)C2)n1. The number of aromatic nitrogens is 2. The van der Waals surface area contributed by atoms with Crippen LogP contribution in [0.25, 0.3) is 0 Å². The van der Waals surface area contributed by atoms with Crippen LogP contribution < -0.4 is 4.90 Å². The second kappa shape index (κ2) is 6.43.